The van der Waals surface area contributed by atoms with Crippen LogP contribution in [0.4, 0.5) is 5.69 Å². The highest BCUT2D eigenvalue weighted by atomic mass is 16.5. The lowest BCUT2D eigenvalue weighted by atomic mass is 9.95. The molecule has 26 heavy (non-hydrogen) atoms. The molecule has 132 valence electrons. The van der Waals surface area contributed by atoms with Gasteiger partial charge in [0.15, 0.2) is 0 Å². The molecule has 0 spiro atoms. The van der Waals surface area contributed by atoms with Crippen molar-refractivity contribution in [1.29, 1.82) is 0 Å². The van der Waals surface area contributed by atoms with Crippen molar-refractivity contribution in [3.8, 4) is 5.88 Å². The molecule has 0 fully saturated rings. The van der Waals surface area contributed by atoms with E-state index in [0.717, 1.165) is 36.2 Å². The van der Waals surface area contributed by atoms with Crippen LogP contribution in [-0.2, 0) is 12.8 Å². The summed E-state index contributed by atoms with van der Waals surface area (Å²) >= 11 is 0. The van der Waals surface area contributed by atoms with E-state index in [1.165, 1.54) is 11.1 Å². The SMILES string of the molecule is C=C(O)C1=CN(CC)c2cnc(OC3Cc4ccccc4C3)cc2C1=C. The Morgan fingerprint density at radius 3 is 2.62 bits per heavy atom. The first kappa shape index (κ1) is 16.5. The highest BCUT2D eigenvalue weighted by Gasteiger charge is 2.26. The van der Waals surface area contributed by atoms with Gasteiger partial charge >= 0.3 is 0 Å². The molecule has 4 nitrogen and oxygen atoms in total. The zero-order valence-electron chi connectivity index (χ0n) is 14.9. The van der Waals surface area contributed by atoms with Crippen LogP contribution in [-0.4, -0.2) is 22.7 Å². The highest BCUT2D eigenvalue weighted by Crippen LogP contribution is 2.39. The van der Waals surface area contributed by atoms with Gasteiger partial charge in [-0.25, -0.2) is 4.98 Å². The molecule has 2 aliphatic rings. The predicted octanol–water partition coefficient (Wildman–Crippen LogP) is 4.44. The van der Waals surface area contributed by atoms with Gasteiger partial charge in [-0.3, -0.25) is 0 Å². The molecule has 1 aromatic heterocycles. The fourth-order valence-corrected chi connectivity index (χ4v) is 3.70. The molecule has 1 aliphatic heterocycles. The second kappa shape index (κ2) is 6.37. The maximum atomic E-state index is 9.89. The van der Waals surface area contributed by atoms with Crippen LogP contribution in [0.25, 0.3) is 5.57 Å². The largest absolute Gasteiger partial charge is 0.508 e. The van der Waals surface area contributed by atoms with Crippen molar-refractivity contribution in [3.05, 3.63) is 83.9 Å². The molecule has 0 radical (unpaired) electrons. The van der Waals surface area contributed by atoms with E-state index in [1.807, 2.05) is 30.3 Å². The molecule has 2 aromatic rings. The number of fused-ring (bicyclic) bond motifs is 2. The van der Waals surface area contributed by atoms with Gasteiger partial charge in [-0.2, -0.15) is 0 Å². The second-order valence-electron chi connectivity index (χ2n) is 6.71. The number of hydrogen-bond acceptors (Lipinski definition) is 4. The van der Waals surface area contributed by atoms with Crippen molar-refractivity contribution in [3.63, 3.8) is 0 Å². The molecule has 1 aliphatic carbocycles. The summed E-state index contributed by atoms with van der Waals surface area (Å²) in [6, 6.07) is 10.4. The number of pyridine rings is 1. The number of aliphatic hydroxyl groups is 1. The van der Waals surface area contributed by atoms with Crippen LogP contribution in [0.5, 0.6) is 5.88 Å². The number of hydrogen-bond donors (Lipinski definition) is 1. The highest BCUT2D eigenvalue weighted by molar-refractivity contribution is 5.91. The van der Waals surface area contributed by atoms with Gasteiger partial charge in [-0.1, -0.05) is 37.4 Å². The molecule has 4 heteroatoms. The molecule has 0 saturated heterocycles. The molecule has 1 aromatic carbocycles. The summed E-state index contributed by atoms with van der Waals surface area (Å²) in [6.45, 7) is 10.6. The first-order valence-electron chi connectivity index (χ1n) is 8.86. The summed E-state index contributed by atoms with van der Waals surface area (Å²) in [5.74, 6) is 0.605. The zero-order valence-corrected chi connectivity index (χ0v) is 14.9. The first-order chi connectivity index (χ1) is 12.6. The van der Waals surface area contributed by atoms with Crippen LogP contribution in [0.2, 0.25) is 0 Å². The van der Waals surface area contributed by atoms with Gasteiger partial charge < -0.3 is 14.7 Å². The Kier molecular flexibility index (Phi) is 4.03. The standard InChI is InChI=1S/C22H22N2O2/c1-4-24-13-20(15(3)25)14(2)19-11-22(23-12-21(19)24)26-18-9-16-7-5-6-8-17(16)10-18/h5-8,11-13,18,25H,2-4,9-10H2,1H3. The van der Waals surface area contributed by atoms with Crippen LogP contribution in [0.3, 0.4) is 0 Å². The fraction of sp³-hybridized carbons (Fsp3) is 0.227. The van der Waals surface area contributed by atoms with E-state index in [-0.39, 0.29) is 11.9 Å². The van der Waals surface area contributed by atoms with Gasteiger partial charge in [0.2, 0.25) is 5.88 Å². The van der Waals surface area contributed by atoms with Gasteiger partial charge in [0, 0.05) is 42.8 Å². The quantitative estimate of drug-likeness (QED) is 0.832. The monoisotopic (exact) mass is 346 g/mol. The maximum Gasteiger partial charge on any atom is 0.214 e. The Hall–Kier alpha value is -3.01. The number of nitrogens with zero attached hydrogens (tertiary/aromatic N) is 2. The minimum atomic E-state index is 0.0182. The van der Waals surface area contributed by atoms with Crippen LogP contribution < -0.4 is 9.64 Å². The lowest BCUT2D eigenvalue weighted by Gasteiger charge is -2.29. The number of benzene rings is 1. The van der Waals surface area contributed by atoms with Gasteiger partial charge in [0.25, 0.3) is 0 Å². The van der Waals surface area contributed by atoms with E-state index in [0.29, 0.717) is 11.5 Å². The summed E-state index contributed by atoms with van der Waals surface area (Å²) in [7, 11) is 0. The number of ether oxygens (including phenoxy) is 1. The topological polar surface area (TPSA) is 45.6 Å². The summed E-state index contributed by atoms with van der Waals surface area (Å²) in [4.78, 5) is 6.53. The van der Waals surface area contributed by atoms with Crippen molar-refractivity contribution >= 4 is 11.3 Å². The molecule has 1 N–H and O–H groups in total. The Bertz CT molecular complexity index is 904. The van der Waals surface area contributed by atoms with E-state index in [2.05, 4.69) is 42.4 Å². The summed E-state index contributed by atoms with van der Waals surface area (Å²) in [5, 5.41) is 9.89. The number of anilines is 1. The third kappa shape index (κ3) is 2.77. The summed E-state index contributed by atoms with van der Waals surface area (Å²) in [6.07, 6.45) is 5.57. The van der Waals surface area contributed by atoms with Crippen LogP contribution in [0.15, 0.2) is 67.2 Å². The Morgan fingerprint density at radius 1 is 1.31 bits per heavy atom. The van der Waals surface area contributed by atoms with E-state index < -0.39 is 0 Å². The van der Waals surface area contributed by atoms with Gasteiger partial charge in [-0.05, 0) is 23.6 Å². The fourth-order valence-electron chi connectivity index (χ4n) is 3.70. The molecule has 4 rings (SSSR count). The Morgan fingerprint density at radius 2 is 2.00 bits per heavy atom. The predicted molar refractivity (Wildman–Crippen MR) is 104 cm³/mol. The average molecular weight is 346 g/mol. The van der Waals surface area contributed by atoms with Crippen LogP contribution >= 0.6 is 0 Å². The molecule has 2 heterocycles. The zero-order chi connectivity index (χ0) is 18.3. The molecular weight excluding hydrogens is 324 g/mol. The third-order valence-corrected chi connectivity index (χ3v) is 5.06. The van der Waals surface area contributed by atoms with E-state index in [1.54, 1.807) is 0 Å². The van der Waals surface area contributed by atoms with E-state index in [9.17, 15) is 5.11 Å². The lowest BCUT2D eigenvalue weighted by Crippen LogP contribution is -2.23. The minimum Gasteiger partial charge on any atom is -0.508 e. The number of aliphatic hydroxyl groups excluding tert-OH is 1. The van der Waals surface area contributed by atoms with E-state index in [4.69, 9.17) is 4.74 Å². The van der Waals surface area contributed by atoms with E-state index >= 15 is 0 Å². The smallest absolute Gasteiger partial charge is 0.214 e. The Balaban J connectivity index is 1.60. The number of aromatic nitrogens is 1. The minimum absolute atomic E-state index is 0.0182. The van der Waals surface area contributed by atoms with Crippen molar-refractivity contribution in [2.45, 2.75) is 25.9 Å². The van der Waals surface area contributed by atoms with Crippen molar-refractivity contribution in [1.82, 2.24) is 4.98 Å². The number of rotatable bonds is 4. The molecule has 0 amide bonds. The molecular formula is C22H22N2O2. The lowest BCUT2D eigenvalue weighted by molar-refractivity contribution is 0.205. The van der Waals surface area contributed by atoms with Crippen molar-refractivity contribution < 1.29 is 9.84 Å². The Labute approximate surface area is 153 Å². The number of allylic oxidation sites excluding steroid dienone is 1. The van der Waals surface area contributed by atoms with Gasteiger partial charge in [0.05, 0.1) is 11.9 Å². The first-order valence-corrected chi connectivity index (χ1v) is 8.86. The molecule has 0 atom stereocenters. The van der Waals surface area contributed by atoms with Crippen molar-refractivity contribution in [2.75, 3.05) is 11.4 Å². The maximum absolute atomic E-state index is 9.89. The summed E-state index contributed by atoms with van der Waals surface area (Å²) < 4.78 is 6.16. The molecule has 0 unspecified atom stereocenters. The summed E-state index contributed by atoms with van der Waals surface area (Å²) in [5.41, 5.74) is 5.95. The third-order valence-electron chi connectivity index (χ3n) is 5.06. The second-order valence-corrected chi connectivity index (χ2v) is 6.71. The van der Waals surface area contributed by atoms with Crippen molar-refractivity contribution in [2.24, 2.45) is 0 Å². The average Bonchev–Trinajstić information content (AvgIpc) is 3.04. The van der Waals surface area contributed by atoms with Gasteiger partial charge in [0.1, 0.15) is 11.9 Å². The molecule has 0 saturated carbocycles. The normalized spacial score (nSPS) is 16.1. The molecule has 0 bridgehead atoms. The van der Waals surface area contributed by atoms with Crippen LogP contribution in [0.1, 0.15) is 23.6 Å². The van der Waals surface area contributed by atoms with Crippen LogP contribution in [0, 0.1) is 0 Å². The van der Waals surface area contributed by atoms with Gasteiger partial charge in [-0.15, -0.1) is 0 Å².